The van der Waals surface area contributed by atoms with E-state index in [0.29, 0.717) is 34.2 Å². The number of carbonyl (C=O) groups excluding carboxylic acids is 2. The van der Waals surface area contributed by atoms with Gasteiger partial charge in [-0.05, 0) is 31.0 Å². The first-order chi connectivity index (χ1) is 12.9. The lowest BCUT2D eigenvalue weighted by atomic mass is 10.2. The summed E-state index contributed by atoms with van der Waals surface area (Å²) in [4.78, 5) is 40.2. The average molecular weight is 411 g/mol. The number of nitrogens with one attached hydrogen (secondary N) is 2. The van der Waals surface area contributed by atoms with Crippen LogP contribution in [0.1, 0.15) is 19.8 Å². The number of hydrogen-bond acceptors (Lipinski definition) is 6. The predicted molar refractivity (Wildman–Crippen MR) is 103 cm³/mol. The van der Waals surface area contributed by atoms with Gasteiger partial charge in [0.25, 0.3) is 5.56 Å². The molecule has 144 valence electrons. The highest BCUT2D eigenvalue weighted by Crippen LogP contribution is 2.22. The van der Waals surface area contributed by atoms with Gasteiger partial charge in [0.15, 0.2) is 5.16 Å². The number of carbonyl (C=O) groups is 2. The van der Waals surface area contributed by atoms with Gasteiger partial charge < -0.3 is 4.74 Å². The van der Waals surface area contributed by atoms with Crippen molar-refractivity contribution in [2.45, 2.75) is 37.6 Å². The van der Waals surface area contributed by atoms with E-state index in [0.717, 1.165) is 24.6 Å². The zero-order valence-electron chi connectivity index (χ0n) is 14.7. The number of hydrazine groups is 1. The average Bonchev–Trinajstić information content (AvgIpc) is 3.13. The number of hydrogen-bond donors (Lipinski definition) is 2. The van der Waals surface area contributed by atoms with Crippen molar-refractivity contribution in [2.24, 2.45) is 0 Å². The Hall–Kier alpha value is -2.10. The Morgan fingerprint density at radius 2 is 2.22 bits per heavy atom. The van der Waals surface area contributed by atoms with Gasteiger partial charge in [0, 0.05) is 18.6 Å². The van der Waals surface area contributed by atoms with Crippen molar-refractivity contribution in [3.05, 3.63) is 33.6 Å². The Morgan fingerprint density at radius 1 is 1.41 bits per heavy atom. The second kappa shape index (κ2) is 8.73. The number of aromatic nitrogens is 2. The number of ether oxygens (including phenoxy) is 1. The van der Waals surface area contributed by atoms with E-state index in [1.807, 2.05) is 0 Å². The largest absolute Gasteiger partial charge is 0.376 e. The number of nitrogens with zero attached hydrogens (tertiary/aromatic N) is 2. The maximum Gasteiger partial charge on any atom is 0.262 e. The Bertz CT molecular complexity index is 927. The van der Waals surface area contributed by atoms with Crippen LogP contribution in [-0.4, -0.2) is 39.8 Å². The minimum Gasteiger partial charge on any atom is -0.376 e. The van der Waals surface area contributed by atoms with Gasteiger partial charge in [-0.15, -0.1) is 0 Å². The minimum atomic E-state index is -0.403. The first-order valence-corrected chi connectivity index (χ1v) is 9.80. The molecule has 1 fully saturated rings. The summed E-state index contributed by atoms with van der Waals surface area (Å²) >= 11 is 7.13. The van der Waals surface area contributed by atoms with Crippen molar-refractivity contribution >= 4 is 46.1 Å². The maximum absolute atomic E-state index is 13.0. The molecule has 2 aromatic rings. The molecule has 3 rings (SSSR count). The molecule has 0 aliphatic carbocycles. The van der Waals surface area contributed by atoms with E-state index < -0.39 is 5.91 Å². The molecule has 0 radical (unpaired) electrons. The number of halogens is 1. The molecule has 2 heterocycles. The molecule has 0 bridgehead atoms. The predicted octanol–water partition coefficient (Wildman–Crippen LogP) is 1.49. The van der Waals surface area contributed by atoms with Gasteiger partial charge in [-0.2, -0.15) is 0 Å². The fraction of sp³-hybridized carbons (Fsp3) is 0.412. The fourth-order valence-corrected chi connectivity index (χ4v) is 3.74. The molecule has 0 spiro atoms. The van der Waals surface area contributed by atoms with Gasteiger partial charge in [-0.1, -0.05) is 23.4 Å². The van der Waals surface area contributed by atoms with E-state index in [9.17, 15) is 14.4 Å². The lowest BCUT2D eigenvalue weighted by Crippen LogP contribution is -2.41. The monoisotopic (exact) mass is 410 g/mol. The molecular weight excluding hydrogens is 392 g/mol. The summed E-state index contributed by atoms with van der Waals surface area (Å²) in [6.07, 6.45) is 1.78. The van der Waals surface area contributed by atoms with Crippen LogP contribution in [-0.2, 0) is 20.9 Å². The molecule has 0 unspecified atom stereocenters. The van der Waals surface area contributed by atoms with Crippen LogP contribution in [0.5, 0.6) is 0 Å². The standard InChI is InChI=1S/C17H19ClN4O4S/c1-10(23)20-21-15(24)9-27-17-19-14-7-11(18)4-5-13(14)16(25)22(17)8-12-3-2-6-26-12/h4-5,7,12H,2-3,6,8-9H2,1H3,(H,20,23)(H,21,24)/t12-/m0/s1. The van der Waals surface area contributed by atoms with Crippen LogP contribution in [0.4, 0.5) is 0 Å². The zero-order valence-corrected chi connectivity index (χ0v) is 16.2. The van der Waals surface area contributed by atoms with Crippen molar-refractivity contribution in [3.8, 4) is 0 Å². The van der Waals surface area contributed by atoms with E-state index in [4.69, 9.17) is 16.3 Å². The highest BCUT2D eigenvalue weighted by Gasteiger charge is 2.20. The van der Waals surface area contributed by atoms with Crippen LogP contribution in [0, 0.1) is 0 Å². The molecular formula is C17H19ClN4O4S. The Morgan fingerprint density at radius 3 is 2.93 bits per heavy atom. The molecule has 1 saturated heterocycles. The summed E-state index contributed by atoms with van der Waals surface area (Å²) in [5.74, 6) is -0.786. The van der Waals surface area contributed by atoms with Crippen molar-refractivity contribution < 1.29 is 14.3 Å². The van der Waals surface area contributed by atoms with Gasteiger partial charge in [0.1, 0.15) is 0 Å². The molecule has 1 aromatic heterocycles. The van der Waals surface area contributed by atoms with Gasteiger partial charge in [-0.25, -0.2) is 4.98 Å². The molecule has 1 aliphatic heterocycles. The Balaban J connectivity index is 1.88. The second-order valence-corrected chi connectivity index (χ2v) is 7.50. The lowest BCUT2D eigenvalue weighted by Gasteiger charge is -2.16. The molecule has 0 saturated carbocycles. The Kier molecular flexibility index (Phi) is 6.35. The van der Waals surface area contributed by atoms with Crippen LogP contribution < -0.4 is 16.4 Å². The van der Waals surface area contributed by atoms with E-state index in [1.54, 1.807) is 22.8 Å². The summed E-state index contributed by atoms with van der Waals surface area (Å²) in [5.41, 5.74) is 4.79. The molecule has 2 N–H and O–H groups in total. The number of rotatable bonds is 5. The van der Waals surface area contributed by atoms with Crippen molar-refractivity contribution in [1.29, 1.82) is 0 Å². The SMILES string of the molecule is CC(=O)NNC(=O)CSc1nc2cc(Cl)ccc2c(=O)n1C[C@@H]1CCCO1. The molecule has 8 nitrogen and oxygen atoms in total. The van der Waals surface area contributed by atoms with Crippen molar-refractivity contribution in [1.82, 2.24) is 20.4 Å². The van der Waals surface area contributed by atoms with Gasteiger partial charge in [0.05, 0.1) is 29.3 Å². The zero-order chi connectivity index (χ0) is 19.4. The first-order valence-electron chi connectivity index (χ1n) is 8.44. The number of thioether (sulfide) groups is 1. The number of benzene rings is 1. The third-order valence-corrected chi connectivity index (χ3v) is 5.21. The van der Waals surface area contributed by atoms with E-state index >= 15 is 0 Å². The second-order valence-electron chi connectivity index (χ2n) is 6.12. The third-order valence-electron chi connectivity index (χ3n) is 4.00. The van der Waals surface area contributed by atoms with Crippen molar-refractivity contribution in [3.63, 3.8) is 0 Å². The van der Waals surface area contributed by atoms with E-state index in [2.05, 4.69) is 15.8 Å². The third kappa shape index (κ3) is 5.00. The summed E-state index contributed by atoms with van der Waals surface area (Å²) < 4.78 is 7.19. The van der Waals surface area contributed by atoms with Crippen LogP contribution in [0.15, 0.2) is 28.2 Å². The van der Waals surface area contributed by atoms with Gasteiger partial charge >= 0.3 is 0 Å². The smallest absolute Gasteiger partial charge is 0.262 e. The lowest BCUT2D eigenvalue weighted by molar-refractivity contribution is -0.126. The summed E-state index contributed by atoms with van der Waals surface area (Å²) in [6.45, 7) is 2.35. The normalized spacial score (nSPS) is 16.4. The summed E-state index contributed by atoms with van der Waals surface area (Å²) in [6, 6.07) is 4.92. The van der Waals surface area contributed by atoms with E-state index in [1.165, 1.54) is 6.92 Å². The highest BCUT2D eigenvalue weighted by atomic mass is 35.5. The van der Waals surface area contributed by atoms with Crippen LogP contribution in [0.2, 0.25) is 5.02 Å². The van der Waals surface area contributed by atoms with Crippen LogP contribution >= 0.6 is 23.4 Å². The molecule has 1 aromatic carbocycles. The number of fused-ring (bicyclic) bond motifs is 1. The molecule has 1 atom stereocenters. The number of amides is 2. The van der Waals surface area contributed by atoms with Gasteiger partial charge in [0.2, 0.25) is 11.8 Å². The van der Waals surface area contributed by atoms with E-state index in [-0.39, 0.29) is 23.3 Å². The molecule has 1 aliphatic rings. The minimum absolute atomic E-state index is 0.00961. The van der Waals surface area contributed by atoms with Crippen LogP contribution in [0.3, 0.4) is 0 Å². The van der Waals surface area contributed by atoms with Crippen LogP contribution in [0.25, 0.3) is 10.9 Å². The maximum atomic E-state index is 13.0. The van der Waals surface area contributed by atoms with Crippen molar-refractivity contribution in [2.75, 3.05) is 12.4 Å². The topological polar surface area (TPSA) is 102 Å². The quantitative estimate of drug-likeness (QED) is 0.440. The first kappa shape index (κ1) is 19.7. The summed E-state index contributed by atoms with van der Waals surface area (Å²) in [7, 11) is 0. The highest BCUT2D eigenvalue weighted by molar-refractivity contribution is 7.99. The summed E-state index contributed by atoms with van der Waals surface area (Å²) in [5, 5.41) is 1.35. The molecule has 2 amide bonds. The Labute approximate surface area is 164 Å². The fourth-order valence-electron chi connectivity index (χ4n) is 2.76. The van der Waals surface area contributed by atoms with Gasteiger partial charge in [-0.3, -0.25) is 29.8 Å². The molecule has 27 heavy (non-hydrogen) atoms. The molecule has 10 heteroatoms.